The van der Waals surface area contributed by atoms with Crippen LogP contribution < -0.4 is 10.2 Å². The minimum atomic E-state index is -5.07. The lowest BCUT2D eigenvalue weighted by Crippen LogP contribution is -2.49. The van der Waals surface area contributed by atoms with Crippen LogP contribution in [0.4, 0.5) is 46.0 Å². The van der Waals surface area contributed by atoms with Crippen molar-refractivity contribution in [2.75, 3.05) is 43.6 Å². The summed E-state index contributed by atoms with van der Waals surface area (Å²) in [5.41, 5.74) is -3.05. The Hall–Kier alpha value is -3.16. The van der Waals surface area contributed by atoms with E-state index in [2.05, 4.69) is 5.32 Å². The van der Waals surface area contributed by atoms with E-state index in [1.54, 1.807) is 11.8 Å². The van der Waals surface area contributed by atoms with Gasteiger partial charge < -0.3 is 15.1 Å². The van der Waals surface area contributed by atoms with Gasteiger partial charge in [0.2, 0.25) is 0 Å². The second-order valence-electron chi connectivity index (χ2n) is 10.2. The Labute approximate surface area is 236 Å². The molecule has 0 aromatic heterocycles. The number of halogens is 7. The molecule has 4 amide bonds. The molecule has 224 valence electrons. The minimum Gasteiger partial charge on any atom is -0.335 e. The molecule has 0 bridgehead atoms. The van der Waals surface area contributed by atoms with Crippen LogP contribution in [0.3, 0.4) is 0 Å². The van der Waals surface area contributed by atoms with Crippen LogP contribution in [0.1, 0.15) is 35.4 Å². The van der Waals surface area contributed by atoms with Gasteiger partial charge in [-0.3, -0.25) is 4.90 Å². The Morgan fingerprint density at radius 3 is 2.00 bits per heavy atom. The van der Waals surface area contributed by atoms with Crippen molar-refractivity contribution in [2.45, 2.75) is 43.2 Å². The summed E-state index contributed by atoms with van der Waals surface area (Å²) in [4.78, 5) is 30.0. The van der Waals surface area contributed by atoms with Crippen molar-refractivity contribution in [1.29, 1.82) is 0 Å². The molecule has 14 heteroatoms. The van der Waals surface area contributed by atoms with Gasteiger partial charge >= 0.3 is 24.4 Å². The maximum atomic E-state index is 13.6. The Balaban J connectivity index is 1.60. The number of hydrogen-bond acceptors (Lipinski definition) is 3. The van der Waals surface area contributed by atoms with E-state index >= 15 is 0 Å². The van der Waals surface area contributed by atoms with E-state index in [0.29, 0.717) is 22.6 Å². The molecular formula is C27H29F7N4O2S. The number of amides is 4. The number of nitrogens with one attached hydrogen (secondary N) is 1. The van der Waals surface area contributed by atoms with E-state index in [4.69, 9.17) is 0 Å². The summed E-state index contributed by atoms with van der Waals surface area (Å²) in [6.07, 6.45) is -8.52. The molecule has 2 aromatic rings. The Bertz CT molecular complexity index is 1220. The fourth-order valence-corrected chi connectivity index (χ4v) is 6.22. The van der Waals surface area contributed by atoms with Gasteiger partial charge in [-0.05, 0) is 60.2 Å². The molecule has 0 saturated carbocycles. The maximum Gasteiger partial charge on any atom is 0.416 e. The lowest BCUT2D eigenvalue weighted by atomic mass is 9.93. The van der Waals surface area contributed by atoms with Crippen LogP contribution >= 0.6 is 11.8 Å². The van der Waals surface area contributed by atoms with Gasteiger partial charge in [-0.15, -0.1) is 0 Å². The first kappa shape index (κ1) is 30.8. The molecule has 41 heavy (non-hydrogen) atoms. The van der Waals surface area contributed by atoms with Gasteiger partial charge in [0.25, 0.3) is 0 Å². The van der Waals surface area contributed by atoms with Gasteiger partial charge in [0, 0.05) is 44.8 Å². The van der Waals surface area contributed by atoms with Crippen molar-refractivity contribution in [1.82, 2.24) is 15.1 Å². The second kappa shape index (κ2) is 12.0. The van der Waals surface area contributed by atoms with Gasteiger partial charge in [-0.1, -0.05) is 12.1 Å². The third kappa shape index (κ3) is 7.19. The number of likely N-dealkylation sites (tertiary alicyclic amines) is 1. The smallest absolute Gasteiger partial charge is 0.335 e. The Kier molecular flexibility index (Phi) is 9.00. The number of rotatable bonds is 4. The normalized spacial score (nSPS) is 20.2. The summed E-state index contributed by atoms with van der Waals surface area (Å²) in [5.74, 6) is 0.863. The van der Waals surface area contributed by atoms with E-state index in [1.165, 1.54) is 41.1 Å². The number of anilines is 1. The highest BCUT2D eigenvalue weighted by Crippen LogP contribution is 2.39. The minimum absolute atomic E-state index is 0.00121. The van der Waals surface area contributed by atoms with Crippen LogP contribution in [-0.2, 0) is 12.4 Å². The zero-order valence-corrected chi connectivity index (χ0v) is 23.0. The van der Waals surface area contributed by atoms with E-state index in [0.717, 1.165) is 31.4 Å². The number of nitrogens with zero attached hydrogens (tertiary/aromatic N) is 3. The molecule has 0 radical (unpaired) electrons. The van der Waals surface area contributed by atoms with Gasteiger partial charge in [0.1, 0.15) is 5.82 Å². The molecule has 2 heterocycles. The highest BCUT2D eigenvalue weighted by molar-refractivity contribution is 7.99. The van der Waals surface area contributed by atoms with Crippen molar-refractivity contribution in [3.05, 3.63) is 65.0 Å². The number of thioether (sulfide) groups is 1. The molecule has 2 fully saturated rings. The molecule has 2 aliphatic rings. The Morgan fingerprint density at radius 2 is 1.46 bits per heavy atom. The SMILES string of the molecule is CN(C(=O)N(C)[C@@H]1CN(C(=O)NC2CCSCC2)C[C@H]1c1ccc(F)cc1)c1cc(C(F)(F)F)cc(C(F)(F)F)c1. The van der Waals surface area contributed by atoms with Crippen molar-refractivity contribution >= 4 is 29.5 Å². The largest absolute Gasteiger partial charge is 0.416 e. The molecule has 4 rings (SSSR count). The number of carbonyl (C=O) groups is 2. The molecule has 2 aromatic carbocycles. The van der Waals surface area contributed by atoms with Crippen LogP contribution in [0, 0.1) is 5.82 Å². The lowest BCUT2D eigenvalue weighted by molar-refractivity contribution is -0.143. The van der Waals surface area contributed by atoms with Crippen LogP contribution in [0.15, 0.2) is 42.5 Å². The average Bonchev–Trinajstić information content (AvgIpc) is 3.37. The van der Waals surface area contributed by atoms with E-state index < -0.39 is 53.0 Å². The summed E-state index contributed by atoms with van der Waals surface area (Å²) < 4.78 is 94.1. The molecule has 0 aliphatic carbocycles. The lowest BCUT2D eigenvalue weighted by Gasteiger charge is -2.33. The van der Waals surface area contributed by atoms with Gasteiger partial charge in [-0.25, -0.2) is 14.0 Å². The van der Waals surface area contributed by atoms with Crippen molar-refractivity contribution in [3.63, 3.8) is 0 Å². The highest BCUT2D eigenvalue weighted by Gasteiger charge is 2.42. The van der Waals surface area contributed by atoms with Crippen molar-refractivity contribution in [2.24, 2.45) is 0 Å². The van der Waals surface area contributed by atoms with Crippen molar-refractivity contribution in [3.8, 4) is 0 Å². The fourth-order valence-electron chi connectivity index (χ4n) is 5.11. The zero-order valence-electron chi connectivity index (χ0n) is 22.2. The van der Waals surface area contributed by atoms with Crippen LogP contribution in [0.5, 0.6) is 0 Å². The standard InChI is InChI=1S/C27H29F7N4O2S/c1-36(21-12-17(26(29,30)31)11-18(13-21)27(32,33)34)25(40)37(2)23-15-38(24(39)35-20-7-9-41-10-8-20)14-22(23)16-3-5-19(28)6-4-16/h3-6,11-13,20,22-23H,7-10,14-15H2,1-2H3,(H,35,39)/t22-,23+/m0/s1. The first-order valence-corrected chi connectivity index (χ1v) is 14.0. The third-order valence-electron chi connectivity index (χ3n) is 7.47. The third-order valence-corrected chi connectivity index (χ3v) is 8.52. The number of carbonyl (C=O) groups excluding carboxylic acids is 2. The quantitative estimate of drug-likeness (QED) is 0.409. The summed E-state index contributed by atoms with van der Waals surface area (Å²) >= 11 is 1.80. The molecule has 2 saturated heterocycles. The molecule has 2 atom stereocenters. The Morgan fingerprint density at radius 1 is 0.902 bits per heavy atom. The predicted octanol–water partition coefficient (Wildman–Crippen LogP) is 6.42. The van der Waals surface area contributed by atoms with Crippen LogP contribution in [-0.4, -0.2) is 72.6 Å². The zero-order chi connectivity index (χ0) is 30.1. The first-order chi connectivity index (χ1) is 19.1. The summed E-state index contributed by atoms with van der Waals surface area (Å²) in [6, 6.07) is 4.58. The number of hydrogen-bond donors (Lipinski definition) is 1. The fraction of sp³-hybridized carbons (Fsp3) is 0.481. The summed E-state index contributed by atoms with van der Waals surface area (Å²) in [7, 11) is 2.46. The van der Waals surface area contributed by atoms with Gasteiger partial charge in [-0.2, -0.15) is 38.1 Å². The van der Waals surface area contributed by atoms with E-state index in [-0.39, 0.29) is 31.2 Å². The average molecular weight is 607 g/mol. The molecule has 1 N–H and O–H groups in total. The van der Waals surface area contributed by atoms with Gasteiger partial charge in [0.05, 0.1) is 17.2 Å². The van der Waals surface area contributed by atoms with Crippen molar-refractivity contribution < 1.29 is 40.3 Å². The second-order valence-corrected chi connectivity index (χ2v) is 11.4. The summed E-state index contributed by atoms with van der Waals surface area (Å²) in [5, 5.41) is 3.01. The number of alkyl halides is 6. The van der Waals surface area contributed by atoms with Crippen LogP contribution in [0.25, 0.3) is 0 Å². The predicted molar refractivity (Wildman–Crippen MR) is 141 cm³/mol. The van der Waals surface area contributed by atoms with Gasteiger partial charge in [0.15, 0.2) is 0 Å². The number of benzene rings is 2. The molecule has 0 spiro atoms. The highest BCUT2D eigenvalue weighted by atomic mass is 32.2. The molecule has 2 aliphatic heterocycles. The van der Waals surface area contributed by atoms with E-state index in [1.807, 2.05) is 0 Å². The number of likely N-dealkylation sites (N-methyl/N-ethyl adjacent to an activating group) is 1. The van der Waals surface area contributed by atoms with Crippen LogP contribution in [0.2, 0.25) is 0 Å². The maximum absolute atomic E-state index is 13.6. The summed E-state index contributed by atoms with van der Waals surface area (Å²) in [6.45, 7) is 0.231. The molecule has 6 nitrogen and oxygen atoms in total. The monoisotopic (exact) mass is 606 g/mol. The molecular weight excluding hydrogens is 577 g/mol. The van der Waals surface area contributed by atoms with E-state index in [9.17, 15) is 40.3 Å². The number of urea groups is 2. The molecule has 0 unspecified atom stereocenters. The topological polar surface area (TPSA) is 55.9 Å². The first-order valence-electron chi connectivity index (χ1n) is 12.8.